The lowest BCUT2D eigenvalue weighted by molar-refractivity contribution is -0.686. The van der Waals surface area contributed by atoms with Crippen LogP contribution in [0.5, 0.6) is 0 Å². The Morgan fingerprint density at radius 3 is 2.48 bits per heavy atom. The van der Waals surface area contributed by atoms with E-state index in [0.29, 0.717) is 5.57 Å². The minimum absolute atomic E-state index is 0.00282. The van der Waals surface area contributed by atoms with Crippen LogP contribution in [-0.4, -0.2) is 83.6 Å². The number of pyridine rings is 1. The number of aromatic nitrogens is 2. The van der Waals surface area contributed by atoms with Crippen molar-refractivity contribution in [3.8, 4) is 0 Å². The largest absolute Gasteiger partial charge is 0.478 e. The Kier molecular flexibility index (Phi) is 9.88. The lowest BCUT2D eigenvalue weighted by atomic mass is 10.0. The lowest BCUT2D eigenvalue weighted by Gasteiger charge is -2.49. The topological polar surface area (TPSA) is 226 Å². The number of oxime groups is 1. The number of carbonyl (C=O) groups is 5. The first-order valence-corrected chi connectivity index (χ1v) is 16.2. The van der Waals surface area contributed by atoms with Crippen LogP contribution in [0.4, 0.5) is 5.13 Å². The number of carboxylic acid groups (broad SMARTS) is 3. The lowest BCUT2D eigenvalue weighted by Crippen LogP contribution is -2.71. The molecule has 238 valence electrons. The number of nitrogens with one attached hydrogen (secondary N) is 1. The molecule has 0 aliphatic carbocycles. The van der Waals surface area contributed by atoms with Crippen molar-refractivity contribution in [3.63, 3.8) is 0 Å². The van der Waals surface area contributed by atoms with Crippen LogP contribution in [0, 0.1) is 0 Å². The summed E-state index contributed by atoms with van der Waals surface area (Å²) in [5, 5.41) is 35.8. The average molecular weight is 686 g/mol. The minimum atomic E-state index is -1.55. The Labute approximate surface area is 272 Å². The number of carbonyl (C=O) groups excluding carboxylic acids is 2. The molecule has 3 unspecified atom stereocenters. The predicted octanol–water partition coefficient (Wildman–Crippen LogP) is 1.17. The molecular weight excluding hydrogens is 661 g/mol. The highest BCUT2D eigenvalue weighted by Gasteiger charge is 2.54. The summed E-state index contributed by atoms with van der Waals surface area (Å²) in [6.45, 7) is -0.194. The number of carboxylic acids is 3. The molecule has 0 spiro atoms. The maximum Gasteiger partial charge on any atom is 0.370 e. The predicted molar refractivity (Wildman–Crippen MR) is 166 cm³/mol. The number of thiazole rings is 1. The fraction of sp³-hybridized carbons (Fsp3) is 0.214. The number of hydrogen-bond donors (Lipinski definition) is 5. The van der Waals surface area contributed by atoms with E-state index in [1.165, 1.54) is 45.6 Å². The molecule has 18 heteroatoms. The Hall–Kier alpha value is -4.94. The summed E-state index contributed by atoms with van der Waals surface area (Å²) in [6, 6.07) is 10.3. The quantitative estimate of drug-likeness (QED) is 0.0561. The van der Waals surface area contributed by atoms with Crippen LogP contribution in [-0.2, 0) is 35.4 Å². The number of β-lactam (4-membered cyclic amide) rings is 1. The zero-order valence-electron chi connectivity index (χ0n) is 23.5. The van der Waals surface area contributed by atoms with Gasteiger partial charge in [0.05, 0.1) is 0 Å². The van der Waals surface area contributed by atoms with Gasteiger partial charge >= 0.3 is 17.9 Å². The van der Waals surface area contributed by atoms with Gasteiger partial charge in [0, 0.05) is 39.5 Å². The van der Waals surface area contributed by atoms with Crippen molar-refractivity contribution >= 4 is 75.4 Å². The number of rotatable bonds is 13. The average Bonchev–Trinajstić information content (AvgIpc) is 3.46. The van der Waals surface area contributed by atoms with Crippen LogP contribution in [0.3, 0.4) is 0 Å². The molecule has 5 rings (SSSR count). The number of nitrogen functional groups attached to an aromatic ring is 1. The normalized spacial score (nSPS) is 18.3. The number of benzene rings is 1. The van der Waals surface area contributed by atoms with E-state index in [4.69, 9.17) is 15.7 Å². The van der Waals surface area contributed by atoms with E-state index in [2.05, 4.69) is 15.5 Å². The van der Waals surface area contributed by atoms with Gasteiger partial charge in [-0.15, -0.1) is 34.9 Å². The van der Waals surface area contributed by atoms with Gasteiger partial charge < -0.3 is 31.2 Å². The van der Waals surface area contributed by atoms with Gasteiger partial charge in [0.1, 0.15) is 22.8 Å². The Balaban J connectivity index is 1.31. The SMILES string of the molecule is Nc1nc(/C(=N\OC(C(=O)O)c2ccccc2)C(=O)NC2C(=O)N3C(C(=O)O)=C(CSc4cc[n+](CC(=O)O)cc4)CSC23)cs1. The van der Waals surface area contributed by atoms with E-state index in [-0.39, 0.29) is 40.1 Å². The molecule has 2 amide bonds. The van der Waals surface area contributed by atoms with E-state index in [0.717, 1.165) is 21.1 Å². The van der Waals surface area contributed by atoms with Crippen LogP contribution < -0.4 is 15.6 Å². The van der Waals surface area contributed by atoms with Crippen molar-refractivity contribution in [2.24, 2.45) is 5.16 Å². The van der Waals surface area contributed by atoms with E-state index in [1.54, 1.807) is 42.7 Å². The number of hydrogen-bond acceptors (Lipinski definition) is 12. The molecule has 1 saturated heterocycles. The van der Waals surface area contributed by atoms with Gasteiger partial charge in [0.25, 0.3) is 11.8 Å². The first kappa shape index (κ1) is 32.5. The van der Waals surface area contributed by atoms with Gasteiger partial charge in [-0.05, 0) is 5.57 Å². The summed E-state index contributed by atoms with van der Waals surface area (Å²) in [6.07, 6.45) is 1.66. The molecule has 2 aromatic heterocycles. The second-order valence-electron chi connectivity index (χ2n) is 9.75. The van der Waals surface area contributed by atoms with Crippen LogP contribution >= 0.6 is 34.9 Å². The molecule has 3 aromatic rings. The summed E-state index contributed by atoms with van der Waals surface area (Å²) >= 11 is 3.62. The van der Waals surface area contributed by atoms with Gasteiger partial charge in [-0.2, -0.15) is 4.57 Å². The highest BCUT2D eigenvalue weighted by molar-refractivity contribution is 8.01. The standard InChI is InChI=1S/C28H24N6O9S3/c29-28-30-17(13-46-28)19(32-43-22(27(41)42)14-4-2-1-3-5-14)23(37)31-20-24(38)34-21(26(39)40)15(12-45-25(20)34)11-44-16-6-8-33(9-7-16)10-18(35)36/h1-9,13,20,22,25H,10-12H2,(H5-,29,30,31,35,36,37,39,40,41,42)/p+1/b32-19+. The fourth-order valence-electron chi connectivity index (χ4n) is 4.56. The van der Waals surface area contributed by atoms with Gasteiger partial charge in [-0.1, -0.05) is 35.5 Å². The summed E-state index contributed by atoms with van der Waals surface area (Å²) < 4.78 is 1.49. The monoisotopic (exact) mass is 685 g/mol. The maximum atomic E-state index is 13.4. The summed E-state index contributed by atoms with van der Waals surface area (Å²) in [5.41, 5.74) is 5.94. The molecule has 15 nitrogen and oxygen atoms in total. The van der Waals surface area contributed by atoms with Crippen molar-refractivity contribution in [2.45, 2.75) is 29.0 Å². The second-order valence-corrected chi connectivity index (χ2v) is 12.8. The highest BCUT2D eigenvalue weighted by Crippen LogP contribution is 2.41. The van der Waals surface area contributed by atoms with Crippen molar-refractivity contribution in [3.05, 3.63) is 82.8 Å². The minimum Gasteiger partial charge on any atom is -0.478 e. The van der Waals surface area contributed by atoms with E-state index >= 15 is 0 Å². The summed E-state index contributed by atoms with van der Waals surface area (Å²) in [7, 11) is 0. The molecule has 0 saturated carbocycles. The number of nitrogens with zero attached hydrogens (tertiary/aromatic N) is 4. The molecular formula is C28H25N6O9S3+. The molecule has 2 aliphatic heterocycles. The number of thioether (sulfide) groups is 2. The zero-order chi connectivity index (χ0) is 33.0. The first-order valence-electron chi connectivity index (χ1n) is 13.3. The Morgan fingerprint density at radius 2 is 1.87 bits per heavy atom. The third-order valence-corrected chi connectivity index (χ3v) is 9.80. The van der Waals surface area contributed by atoms with E-state index in [9.17, 15) is 34.2 Å². The Morgan fingerprint density at radius 1 is 1.15 bits per heavy atom. The third-order valence-electron chi connectivity index (χ3n) is 6.68. The number of anilines is 1. The van der Waals surface area contributed by atoms with Gasteiger partial charge in [-0.25, -0.2) is 19.4 Å². The molecule has 6 N–H and O–H groups in total. The summed E-state index contributed by atoms with van der Waals surface area (Å²) in [4.78, 5) is 73.0. The van der Waals surface area contributed by atoms with E-state index in [1.807, 2.05) is 0 Å². The molecule has 0 bridgehead atoms. The number of fused-ring (bicyclic) bond motifs is 1. The molecule has 1 fully saturated rings. The Bertz CT molecular complexity index is 1750. The number of nitrogens with two attached hydrogens (primary N) is 1. The molecule has 3 atom stereocenters. The van der Waals surface area contributed by atoms with Gasteiger partial charge in [-0.3, -0.25) is 14.5 Å². The van der Waals surface area contributed by atoms with Gasteiger partial charge in [0.15, 0.2) is 23.2 Å². The highest BCUT2D eigenvalue weighted by atomic mass is 32.2. The van der Waals surface area contributed by atoms with Crippen molar-refractivity contribution in [1.29, 1.82) is 0 Å². The number of amides is 2. The third kappa shape index (κ3) is 7.13. The van der Waals surface area contributed by atoms with Crippen molar-refractivity contribution < 1.29 is 48.7 Å². The zero-order valence-corrected chi connectivity index (χ0v) is 26.0. The summed E-state index contributed by atoms with van der Waals surface area (Å²) in [5.74, 6) is -4.64. The van der Waals surface area contributed by atoms with Crippen LogP contribution in [0.25, 0.3) is 0 Å². The molecule has 2 aliphatic rings. The van der Waals surface area contributed by atoms with Gasteiger partial charge in [0.2, 0.25) is 12.6 Å². The number of aliphatic carboxylic acids is 3. The second kappa shape index (κ2) is 14.0. The first-order chi connectivity index (χ1) is 22.0. The molecule has 0 radical (unpaired) electrons. The van der Waals surface area contributed by atoms with E-state index < -0.39 is 53.0 Å². The maximum absolute atomic E-state index is 13.4. The van der Waals surface area contributed by atoms with Crippen LogP contribution in [0.1, 0.15) is 17.4 Å². The molecule has 4 heterocycles. The van der Waals surface area contributed by atoms with Crippen LogP contribution in [0.2, 0.25) is 0 Å². The molecule has 46 heavy (non-hydrogen) atoms. The smallest absolute Gasteiger partial charge is 0.370 e. The fourth-order valence-corrected chi connectivity index (χ4v) is 7.48. The van der Waals surface area contributed by atoms with Crippen molar-refractivity contribution in [2.75, 3.05) is 17.2 Å². The molecule has 1 aromatic carbocycles. The van der Waals surface area contributed by atoms with Crippen molar-refractivity contribution in [1.82, 2.24) is 15.2 Å². The van der Waals surface area contributed by atoms with Crippen LogP contribution in [0.15, 0.2) is 81.6 Å².